The summed E-state index contributed by atoms with van der Waals surface area (Å²) >= 11 is 0. The summed E-state index contributed by atoms with van der Waals surface area (Å²) in [5.74, 6) is -6.64. The Morgan fingerprint density at radius 2 is 1.58 bits per heavy atom. The molecule has 0 saturated heterocycles. The molecule has 0 fully saturated rings. The second kappa shape index (κ2) is 9.07. The average Bonchev–Trinajstić information content (AvgIpc) is 2.38. The van der Waals surface area contributed by atoms with Crippen LogP contribution >= 0.6 is 0 Å². The zero-order valence-corrected chi connectivity index (χ0v) is 13.0. The van der Waals surface area contributed by atoms with E-state index in [1.54, 1.807) is 0 Å². The summed E-state index contributed by atoms with van der Waals surface area (Å²) < 4.78 is 156. The fourth-order valence-corrected chi connectivity index (χ4v) is 1.43. The first-order valence-corrected chi connectivity index (χ1v) is 7.66. The predicted octanol–water partition coefficient (Wildman–Crippen LogP) is 3.23. The molecule has 0 aromatic carbocycles. The van der Waals surface area contributed by atoms with E-state index in [0.29, 0.717) is 0 Å². The van der Waals surface area contributed by atoms with Gasteiger partial charge in [-0.1, -0.05) is 0 Å². The first-order valence-electron chi connectivity index (χ1n) is 6.11. The molecule has 26 heavy (non-hydrogen) atoms. The quantitative estimate of drug-likeness (QED) is 0.302. The standard InChI is InChI=1S/C10H10F10O5S/c11-7(12)4-23-3-6(9(14,15)16)24-5-8(13,10(17,18)19)25-1-2-26(20,21)22/h4,6H,1-3,5H2. The molecule has 0 amide bonds. The lowest BCUT2D eigenvalue weighted by atomic mass is 10.3. The van der Waals surface area contributed by atoms with E-state index in [9.17, 15) is 51.8 Å². The first kappa shape index (κ1) is 24.7. The molecule has 0 aliphatic carbocycles. The van der Waals surface area contributed by atoms with E-state index in [1.165, 1.54) is 0 Å². The Hall–Kier alpha value is -1.29. The molecule has 0 bridgehead atoms. The molecule has 5 nitrogen and oxygen atoms in total. The lowest BCUT2D eigenvalue weighted by Gasteiger charge is -2.29. The van der Waals surface area contributed by atoms with Crippen molar-refractivity contribution < 1.29 is 66.0 Å². The minimum Gasteiger partial charge on any atom is -0.493 e. The Balaban J connectivity index is 5.09. The molecule has 0 aliphatic rings. The molecule has 2 atom stereocenters. The number of alkyl halides is 7. The van der Waals surface area contributed by atoms with Crippen LogP contribution in [0.3, 0.4) is 0 Å². The van der Waals surface area contributed by atoms with Crippen molar-refractivity contribution in [3.8, 4) is 0 Å². The van der Waals surface area contributed by atoms with Crippen LogP contribution in [0.15, 0.2) is 12.3 Å². The van der Waals surface area contributed by atoms with Crippen molar-refractivity contribution in [2.75, 3.05) is 25.6 Å². The molecule has 0 saturated carbocycles. The number of hydrogen-bond donors (Lipinski definition) is 0. The number of hydrogen-bond acceptors (Lipinski definition) is 5. The molecule has 156 valence electrons. The topological polar surface area (TPSA) is 61.8 Å². The molecular formula is C10H10F10O5S. The highest BCUT2D eigenvalue weighted by atomic mass is 32.3. The van der Waals surface area contributed by atoms with Gasteiger partial charge < -0.3 is 14.2 Å². The third-order valence-electron chi connectivity index (χ3n) is 2.34. The van der Waals surface area contributed by atoms with Crippen LogP contribution in [0.4, 0.5) is 43.4 Å². The van der Waals surface area contributed by atoms with Gasteiger partial charge in [0.05, 0.1) is 6.61 Å². The van der Waals surface area contributed by atoms with E-state index in [1.807, 2.05) is 0 Å². The Morgan fingerprint density at radius 1 is 1.04 bits per heavy atom. The van der Waals surface area contributed by atoms with Gasteiger partial charge in [0.2, 0.25) is 0 Å². The Labute approximate surface area is 139 Å². The largest absolute Gasteiger partial charge is 0.493 e. The smallest absolute Gasteiger partial charge is 0.450 e. The molecule has 0 aliphatic heterocycles. The lowest BCUT2D eigenvalue weighted by molar-refractivity contribution is -0.356. The van der Waals surface area contributed by atoms with E-state index >= 15 is 0 Å². The van der Waals surface area contributed by atoms with Crippen molar-refractivity contribution in [2.24, 2.45) is 0 Å². The fraction of sp³-hybridized carbons (Fsp3) is 0.800. The maximum absolute atomic E-state index is 13.7. The van der Waals surface area contributed by atoms with Crippen LogP contribution in [-0.4, -0.2) is 58.3 Å². The van der Waals surface area contributed by atoms with Gasteiger partial charge in [-0.2, -0.15) is 47.9 Å². The zero-order chi connectivity index (χ0) is 20.8. The van der Waals surface area contributed by atoms with Crippen molar-refractivity contribution >= 4 is 10.2 Å². The van der Waals surface area contributed by atoms with Gasteiger partial charge in [-0.25, -0.2) is 0 Å². The second-order valence-corrected chi connectivity index (χ2v) is 5.89. The van der Waals surface area contributed by atoms with E-state index in [2.05, 4.69) is 14.2 Å². The molecule has 2 unspecified atom stereocenters. The summed E-state index contributed by atoms with van der Waals surface area (Å²) in [6.07, 6.45) is -17.7. The van der Waals surface area contributed by atoms with E-state index < -0.39 is 72.5 Å². The monoisotopic (exact) mass is 432 g/mol. The van der Waals surface area contributed by atoms with Crippen LogP contribution in [0.2, 0.25) is 0 Å². The average molecular weight is 432 g/mol. The lowest BCUT2D eigenvalue weighted by Crippen LogP contribution is -2.50. The van der Waals surface area contributed by atoms with Gasteiger partial charge in [-0.05, 0) is 0 Å². The van der Waals surface area contributed by atoms with E-state index in [0.717, 1.165) is 0 Å². The highest BCUT2D eigenvalue weighted by Crippen LogP contribution is 2.36. The zero-order valence-electron chi connectivity index (χ0n) is 12.2. The highest BCUT2D eigenvalue weighted by Gasteiger charge is 2.59. The van der Waals surface area contributed by atoms with Gasteiger partial charge in [-0.15, -0.1) is 3.89 Å². The maximum atomic E-state index is 13.7. The molecule has 0 N–H and O–H groups in total. The predicted molar refractivity (Wildman–Crippen MR) is 62.8 cm³/mol. The third-order valence-corrected chi connectivity index (χ3v) is 2.99. The van der Waals surface area contributed by atoms with Crippen LogP contribution < -0.4 is 0 Å². The van der Waals surface area contributed by atoms with Gasteiger partial charge in [0.15, 0.2) is 6.10 Å². The maximum Gasteiger partial charge on any atom is 0.450 e. The van der Waals surface area contributed by atoms with E-state index in [4.69, 9.17) is 0 Å². The minimum atomic E-state index is -5.99. The molecule has 0 spiro atoms. The van der Waals surface area contributed by atoms with Crippen LogP contribution in [0.25, 0.3) is 0 Å². The third kappa shape index (κ3) is 9.42. The Bertz CT molecular complexity index is 568. The molecule has 0 aromatic rings. The molecule has 16 heteroatoms. The van der Waals surface area contributed by atoms with Crippen LogP contribution in [0, 0.1) is 0 Å². The highest BCUT2D eigenvalue weighted by molar-refractivity contribution is 7.86. The van der Waals surface area contributed by atoms with Crippen LogP contribution in [0.5, 0.6) is 0 Å². The van der Waals surface area contributed by atoms with Gasteiger partial charge in [0.1, 0.15) is 25.2 Å². The Kier molecular flexibility index (Phi) is 8.62. The normalized spacial score (nSPS) is 16.7. The summed E-state index contributed by atoms with van der Waals surface area (Å²) in [6, 6.07) is 0. The minimum absolute atomic E-state index is 0.447. The summed E-state index contributed by atoms with van der Waals surface area (Å²) in [4.78, 5) is 0. The summed E-state index contributed by atoms with van der Waals surface area (Å²) in [7, 11) is -5.34. The fourth-order valence-electron chi connectivity index (χ4n) is 1.15. The summed E-state index contributed by atoms with van der Waals surface area (Å²) in [6.45, 7) is -5.90. The second-order valence-electron chi connectivity index (χ2n) is 4.40. The molecular weight excluding hydrogens is 422 g/mol. The van der Waals surface area contributed by atoms with Gasteiger partial charge in [0, 0.05) is 0 Å². The van der Waals surface area contributed by atoms with Crippen LogP contribution in [-0.2, 0) is 24.4 Å². The van der Waals surface area contributed by atoms with Crippen molar-refractivity contribution in [2.45, 2.75) is 24.3 Å². The SMILES string of the molecule is O=S(=O)(F)CCOC(F)(COC(COC=C(F)F)C(F)(F)F)C(F)(F)F. The number of ether oxygens (including phenoxy) is 3. The van der Waals surface area contributed by atoms with Gasteiger partial charge >= 0.3 is 34.5 Å². The molecule has 0 heterocycles. The molecule has 0 rings (SSSR count). The van der Waals surface area contributed by atoms with E-state index in [-0.39, 0.29) is 0 Å². The van der Waals surface area contributed by atoms with Crippen molar-refractivity contribution in [3.05, 3.63) is 12.3 Å². The van der Waals surface area contributed by atoms with Gasteiger partial charge in [-0.3, -0.25) is 0 Å². The molecule has 0 aromatic heterocycles. The molecule has 0 radical (unpaired) electrons. The first-order chi connectivity index (χ1) is 11.5. The summed E-state index contributed by atoms with van der Waals surface area (Å²) in [5.41, 5.74) is 0. The van der Waals surface area contributed by atoms with Crippen molar-refractivity contribution in [3.63, 3.8) is 0 Å². The Morgan fingerprint density at radius 3 is 1.96 bits per heavy atom. The van der Waals surface area contributed by atoms with Crippen molar-refractivity contribution in [1.82, 2.24) is 0 Å². The van der Waals surface area contributed by atoms with Crippen LogP contribution in [0.1, 0.15) is 0 Å². The number of rotatable bonds is 10. The number of halogens is 10. The summed E-state index contributed by atoms with van der Waals surface area (Å²) in [5, 5.41) is 0. The van der Waals surface area contributed by atoms with Crippen molar-refractivity contribution in [1.29, 1.82) is 0 Å². The van der Waals surface area contributed by atoms with Gasteiger partial charge in [0.25, 0.3) is 0 Å².